The summed E-state index contributed by atoms with van der Waals surface area (Å²) in [4.78, 5) is 11.3. The van der Waals surface area contributed by atoms with E-state index in [1.165, 1.54) is 6.42 Å². The molecule has 0 unspecified atom stereocenters. The zero-order valence-corrected chi connectivity index (χ0v) is 6.82. The highest BCUT2D eigenvalue weighted by atomic mass is 35.5. The Morgan fingerprint density at radius 1 is 1.70 bits per heavy atom. The van der Waals surface area contributed by atoms with Crippen LogP contribution in [0.5, 0.6) is 0 Å². The highest BCUT2D eigenvalue weighted by molar-refractivity contribution is 6.28. The minimum atomic E-state index is -0.134. The Hall–Kier alpha value is -0.0400. The van der Waals surface area contributed by atoms with Crippen LogP contribution in [-0.2, 0) is 4.79 Å². The highest BCUT2D eigenvalue weighted by Crippen LogP contribution is 2.54. The number of hydrogen-bond acceptors (Lipinski definition) is 1. The van der Waals surface area contributed by atoms with Crippen LogP contribution in [0.1, 0.15) is 26.2 Å². The Labute approximate surface area is 65.7 Å². The maximum Gasteiger partial charge on any atom is 0.144 e. The first-order chi connectivity index (χ1) is 4.66. The molecule has 3 aliphatic carbocycles. The van der Waals surface area contributed by atoms with Crippen molar-refractivity contribution in [3.63, 3.8) is 0 Å². The summed E-state index contributed by atoms with van der Waals surface area (Å²) in [5.74, 6) is 0.624. The number of Topliss-reactive ketones (excluding diaryl/α,β-unsaturated/α-hetero) is 1. The van der Waals surface area contributed by atoms with Gasteiger partial charge in [0, 0.05) is 11.3 Å². The van der Waals surface area contributed by atoms with Gasteiger partial charge in [-0.15, -0.1) is 11.6 Å². The van der Waals surface area contributed by atoms with E-state index < -0.39 is 0 Å². The van der Waals surface area contributed by atoms with Crippen LogP contribution in [0.15, 0.2) is 0 Å². The van der Waals surface area contributed by atoms with Gasteiger partial charge < -0.3 is 0 Å². The monoisotopic (exact) mass is 158 g/mol. The molecule has 3 aliphatic rings. The van der Waals surface area contributed by atoms with Crippen LogP contribution in [-0.4, -0.2) is 11.2 Å². The molecule has 0 spiro atoms. The van der Waals surface area contributed by atoms with E-state index in [0.717, 1.165) is 12.8 Å². The summed E-state index contributed by atoms with van der Waals surface area (Å²) < 4.78 is 0. The number of carbonyl (C=O) groups excluding carboxylic acids is 1. The van der Waals surface area contributed by atoms with Crippen LogP contribution in [0.4, 0.5) is 0 Å². The quantitative estimate of drug-likeness (QED) is 0.493. The molecule has 1 nitrogen and oxygen atoms in total. The Morgan fingerprint density at radius 2 is 2.40 bits per heavy atom. The molecule has 0 N–H and O–H groups in total. The molecular weight excluding hydrogens is 148 g/mol. The first-order valence-electron chi connectivity index (χ1n) is 3.84. The first kappa shape index (κ1) is 6.66. The standard InChI is InChI=1S/C8H11ClO/c1-8-4-2-3-5(6(8)9)7(8)10/h5-6H,2-4H2,1H3/t5-,6-,8+/m0/s1. The molecule has 2 heteroatoms. The third-order valence-electron chi connectivity index (χ3n) is 3.07. The molecule has 0 aliphatic heterocycles. The lowest BCUT2D eigenvalue weighted by atomic mass is 9.54. The molecule has 3 rings (SSSR count). The Morgan fingerprint density at radius 3 is 2.70 bits per heavy atom. The van der Waals surface area contributed by atoms with Crippen molar-refractivity contribution in [3.8, 4) is 0 Å². The number of ketones is 1. The van der Waals surface area contributed by atoms with Crippen molar-refractivity contribution in [1.82, 2.24) is 0 Å². The number of hydrogen-bond donors (Lipinski definition) is 0. The fraction of sp³-hybridized carbons (Fsp3) is 0.875. The second kappa shape index (κ2) is 1.76. The SMILES string of the molecule is C[C@]12CCC[C@H](C1=O)[C@@H]2Cl. The Bertz CT molecular complexity index is 190. The predicted octanol–water partition coefficient (Wildman–Crippen LogP) is 1.98. The van der Waals surface area contributed by atoms with E-state index >= 15 is 0 Å². The third-order valence-corrected chi connectivity index (χ3v) is 3.86. The molecule has 0 heterocycles. The summed E-state index contributed by atoms with van der Waals surface area (Å²) in [6.45, 7) is 2.00. The van der Waals surface area contributed by atoms with E-state index in [4.69, 9.17) is 11.6 Å². The molecule has 0 aromatic heterocycles. The highest BCUT2D eigenvalue weighted by Gasteiger charge is 2.59. The van der Waals surface area contributed by atoms with Crippen molar-refractivity contribution in [2.45, 2.75) is 31.6 Å². The fourth-order valence-corrected chi connectivity index (χ4v) is 2.72. The molecule has 3 atom stereocenters. The average Bonchev–Trinajstić information content (AvgIpc) is 1.95. The zero-order valence-electron chi connectivity index (χ0n) is 6.06. The number of rotatable bonds is 0. The second-order valence-corrected chi connectivity index (χ2v) is 4.15. The van der Waals surface area contributed by atoms with Crippen LogP contribution in [0.2, 0.25) is 0 Å². The van der Waals surface area contributed by atoms with Crippen molar-refractivity contribution in [3.05, 3.63) is 0 Å². The average molecular weight is 159 g/mol. The maximum atomic E-state index is 11.3. The van der Waals surface area contributed by atoms with Gasteiger partial charge in [0.25, 0.3) is 0 Å². The summed E-state index contributed by atoms with van der Waals surface area (Å²) in [6, 6.07) is 0. The van der Waals surface area contributed by atoms with E-state index in [2.05, 4.69) is 0 Å². The first-order valence-corrected chi connectivity index (χ1v) is 4.28. The smallest absolute Gasteiger partial charge is 0.144 e. The van der Waals surface area contributed by atoms with Gasteiger partial charge in [-0.05, 0) is 12.8 Å². The summed E-state index contributed by atoms with van der Waals surface area (Å²) in [5, 5.41) is 0.147. The van der Waals surface area contributed by atoms with E-state index in [1.54, 1.807) is 0 Å². The van der Waals surface area contributed by atoms with Crippen LogP contribution in [0, 0.1) is 11.3 Å². The molecule has 0 amide bonds. The molecular formula is C8H11ClO. The second-order valence-electron chi connectivity index (χ2n) is 3.68. The lowest BCUT2D eigenvalue weighted by molar-refractivity contribution is -0.149. The summed E-state index contributed by atoms with van der Waals surface area (Å²) >= 11 is 6.03. The molecule has 0 aromatic carbocycles. The predicted molar refractivity (Wildman–Crippen MR) is 40.1 cm³/mol. The molecule has 10 heavy (non-hydrogen) atoms. The zero-order chi connectivity index (χ0) is 7.35. The molecule has 3 saturated carbocycles. The van der Waals surface area contributed by atoms with Crippen LogP contribution in [0.3, 0.4) is 0 Å². The molecule has 0 saturated heterocycles. The molecule has 56 valence electrons. The minimum absolute atomic E-state index is 0.134. The lowest BCUT2D eigenvalue weighted by Crippen LogP contribution is -2.60. The van der Waals surface area contributed by atoms with Gasteiger partial charge in [-0.2, -0.15) is 0 Å². The molecule has 2 bridgehead atoms. The van der Waals surface area contributed by atoms with E-state index in [1.807, 2.05) is 6.92 Å². The third kappa shape index (κ3) is 0.531. The van der Waals surface area contributed by atoms with Crippen molar-refractivity contribution in [2.24, 2.45) is 11.3 Å². The number of carbonyl (C=O) groups is 1. The van der Waals surface area contributed by atoms with Gasteiger partial charge in [-0.25, -0.2) is 0 Å². The Kier molecular flexibility index (Phi) is 1.17. The van der Waals surface area contributed by atoms with Gasteiger partial charge in [0.05, 0.1) is 5.38 Å². The molecule has 0 radical (unpaired) electrons. The van der Waals surface area contributed by atoms with Gasteiger partial charge in [-0.1, -0.05) is 13.3 Å². The van der Waals surface area contributed by atoms with E-state index in [9.17, 15) is 4.79 Å². The lowest BCUT2D eigenvalue weighted by Gasteiger charge is -2.52. The largest absolute Gasteiger partial charge is 0.299 e. The van der Waals surface area contributed by atoms with Gasteiger partial charge in [-0.3, -0.25) is 4.79 Å². The van der Waals surface area contributed by atoms with Crippen molar-refractivity contribution >= 4 is 17.4 Å². The normalized spacial score (nSPS) is 52.4. The van der Waals surface area contributed by atoms with Crippen molar-refractivity contribution < 1.29 is 4.79 Å². The fourth-order valence-electron chi connectivity index (χ4n) is 2.27. The van der Waals surface area contributed by atoms with E-state index in [0.29, 0.717) is 5.78 Å². The Balaban J connectivity index is 2.28. The topological polar surface area (TPSA) is 17.1 Å². The molecule has 3 fully saturated rings. The van der Waals surface area contributed by atoms with Gasteiger partial charge >= 0.3 is 0 Å². The minimum Gasteiger partial charge on any atom is -0.299 e. The van der Waals surface area contributed by atoms with E-state index in [-0.39, 0.29) is 16.7 Å². The van der Waals surface area contributed by atoms with Gasteiger partial charge in [0.2, 0.25) is 0 Å². The summed E-state index contributed by atoms with van der Waals surface area (Å²) in [7, 11) is 0. The molecule has 0 aromatic rings. The van der Waals surface area contributed by atoms with Crippen LogP contribution >= 0.6 is 11.6 Å². The van der Waals surface area contributed by atoms with Crippen LogP contribution < -0.4 is 0 Å². The van der Waals surface area contributed by atoms with Crippen LogP contribution in [0.25, 0.3) is 0 Å². The maximum absolute atomic E-state index is 11.3. The van der Waals surface area contributed by atoms with Gasteiger partial charge in [0.15, 0.2) is 0 Å². The number of alkyl halides is 1. The summed E-state index contributed by atoms with van der Waals surface area (Å²) in [6.07, 6.45) is 3.23. The van der Waals surface area contributed by atoms with Crippen molar-refractivity contribution in [2.75, 3.05) is 0 Å². The number of fused-ring (bicyclic) bond motifs is 2. The van der Waals surface area contributed by atoms with Crippen molar-refractivity contribution in [1.29, 1.82) is 0 Å². The number of halogens is 1. The van der Waals surface area contributed by atoms with Gasteiger partial charge in [0.1, 0.15) is 5.78 Å². The summed E-state index contributed by atoms with van der Waals surface area (Å²) in [5.41, 5.74) is -0.134.